The van der Waals surface area contributed by atoms with Gasteiger partial charge in [0.1, 0.15) is 11.5 Å². The number of hydrogen-bond donors (Lipinski definition) is 0. The molecule has 0 bridgehead atoms. The third-order valence-electron chi connectivity index (χ3n) is 2.14. The van der Waals surface area contributed by atoms with E-state index in [1.807, 2.05) is 0 Å². The summed E-state index contributed by atoms with van der Waals surface area (Å²) < 4.78 is 13.3. The van der Waals surface area contributed by atoms with Gasteiger partial charge in [-0.2, -0.15) is 0 Å². The van der Waals surface area contributed by atoms with E-state index in [-0.39, 0.29) is 15.9 Å². The van der Waals surface area contributed by atoms with Crippen molar-refractivity contribution in [2.75, 3.05) is 0 Å². The molecule has 0 unspecified atom stereocenters. The van der Waals surface area contributed by atoms with Gasteiger partial charge in [0.05, 0.1) is 9.50 Å². The van der Waals surface area contributed by atoms with Crippen molar-refractivity contribution >= 4 is 33.3 Å². The van der Waals surface area contributed by atoms with Gasteiger partial charge < -0.3 is 0 Å². The number of ketones is 1. The van der Waals surface area contributed by atoms with Crippen molar-refractivity contribution in [3.8, 4) is 0 Å². The maximum Gasteiger partial charge on any atom is 0.211 e. The molecule has 0 aliphatic rings. The maximum atomic E-state index is 13.0. The fourth-order valence-corrected chi connectivity index (χ4v) is 1.79. The third kappa shape index (κ3) is 2.70. The fourth-order valence-electron chi connectivity index (χ4n) is 1.30. The molecule has 2 nitrogen and oxygen atoms in total. The number of nitrogens with zero attached hydrogens (tertiary/aromatic N) is 1. The Kier molecular flexibility index (Phi) is 3.54. The minimum absolute atomic E-state index is 0.248. The van der Waals surface area contributed by atoms with E-state index in [0.29, 0.717) is 10.6 Å². The van der Waals surface area contributed by atoms with Crippen LogP contribution in [0.5, 0.6) is 0 Å². The molecule has 0 aliphatic heterocycles. The predicted molar refractivity (Wildman–Crippen MR) is 66.8 cm³/mol. The Balaban J connectivity index is 2.37. The van der Waals surface area contributed by atoms with E-state index in [0.717, 1.165) is 0 Å². The van der Waals surface area contributed by atoms with Gasteiger partial charge in [-0.05, 0) is 46.3 Å². The normalized spacial score (nSPS) is 10.3. The summed E-state index contributed by atoms with van der Waals surface area (Å²) >= 11 is 8.71. The van der Waals surface area contributed by atoms with E-state index >= 15 is 0 Å². The number of rotatable bonds is 2. The van der Waals surface area contributed by atoms with Crippen LogP contribution in [0.3, 0.4) is 0 Å². The Labute approximate surface area is 111 Å². The van der Waals surface area contributed by atoms with Crippen LogP contribution < -0.4 is 0 Å². The molecule has 0 amide bonds. The summed E-state index contributed by atoms with van der Waals surface area (Å²) in [7, 11) is 0. The van der Waals surface area contributed by atoms with Gasteiger partial charge in [-0.15, -0.1) is 0 Å². The number of halogens is 3. The van der Waals surface area contributed by atoms with Gasteiger partial charge in [-0.25, -0.2) is 4.39 Å². The van der Waals surface area contributed by atoms with Crippen LogP contribution in [0.15, 0.2) is 41.0 Å². The Hall–Kier alpha value is -1.26. The van der Waals surface area contributed by atoms with E-state index in [4.69, 9.17) is 11.6 Å². The van der Waals surface area contributed by atoms with Crippen LogP contribution in [0, 0.1) is 5.82 Å². The highest BCUT2D eigenvalue weighted by Crippen LogP contribution is 2.19. The molecule has 0 fully saturated rings. The smallest absolute Gasteiger partial charge is 0.211 e. The highest BCUT2D eigenvalue weighted by Gasteiger charge is 2.12. The number of benzene rings is 1. The second-order valence-electron chi connectivity index (χ2n) is 3.32. The van der Waals surface area contributed by atoms with Gasteiger partial charge in [0, 0.05) is 11.8 Å². The fraction of sp³-hybridized carbons (Fsp3) is 0. The van der Waals surface area contributed by atoms with Crippen LogP contribution in [-0.2, 0) is 0 Å². The number of carbonyl (C=O) groups is 1. The van der Waals surface area contributed by atoms with E-state index in [9.17, 15) is 9.18 Å². The standard InChI is InChI=1S/C12H6BrClFNO/c13-9-5-7(1-3-10(9)15)12(17)11-4-2-8(14)6-16-11/h1-6H. The summed E-state index contributed by atoms with van der Waals surface area (Å²) in [5.41, 5.74) is 0.640. The van der Waals surface area contributed by atoms with Gasteiger partial charge in [-0.3, -0.25) is 9.78 Å². The molecule has 0 N–H and O–H groups in total. The summed E-state index contributed by atoms with van der Waals surface area (Å²) in [6, 6.07) is 7.18. The van der Waals surface area contributed by atoms with Crippen molar-refractivity contribution in [2.24, 2.45) is 0 Å². The van der Waals surface area contributed by atoms with E-state index < -0.39 is 5.82 Å². The monoisotopic (exact) mass is 313 g/mol. The average molecular weight is 315 g/mol. The van der Waals surface area contributed by atoms with Gasteiger partial charge >= 0.3 is 0 Å². The topological polar surface area (TPSA) is 30.0 Å². The van der Waals surface area contributed by atoms with Crippen LogP contribution in [-0.4, -0.2) is 10.8 Å². The Bertz CT molecular complexity index is 571. The molecule has 1 aromatic heterocycles. The van der Waals surface area contributed by atoms with Crippen LogP contribution in [0.4, 0.5) is 4.39 Å². The molecule has 0 atom stereocenters. The minimum Gasteiger partial charge on any atom is -0.287 e. The summed E-state index contributed by atoms with van der Waals surface area (Å²) in [4.78, 5) is 15.9. The molecule has 0 saturated heterocycles. The SMILES string of the molecule is O=C(c1ccc(F)c(Br)c1)c1ccc(Cl)cn1. The van der Waals surface area contributed by atoms with Crippen molar-refractivity contribution < 1.29 is 9.18 Å². The van der Waals surface area contributed by atoms with Crippen molar-refractivity contribution in [1.82, 2.24) is 4.98 Å². The summed E-state index contributed by atoms with van der Waals surface area (Å²) in [6.45, 7) is 0. The van der Waals surface area contributed by atoms with Crippen molar-refractivity contribution in [3.05, 3.63) is 63.1 Å². The molecule has 5 heteroatoms. The zero-order valence-corrected chi connectivity index (χ0v) is 10.8. The third-order valence-corrected chi connectivity index (χ3v) is 2.97. The lowest BCUT2D eigenvalue weighted by molar-refractivity contribution is 0.103. The lowest BCUT2D eigenvalue weighted by Gasteiger charge is -2.02. The van der Waals surface area contributed by atoms with Crippen molar-refractivity contribution in [3.63, 3.8) is 0 Å². The zero-order valence-electron chi connectivity index (χ0n) is 8.45. The first-order chi connectivity index (χ1) is 8.08. The average Bonchev–Trinajstić information content (AvgIpc) is 2.33. The summed E-state index contributed by atoms with van der Waals surface area (Å²) in [5, 5.41) is 0.460. The van der Waals surface area contributed by atoms with Crippen LogP contribution in [0.1, 0.15) is 16.1 Å². The predicted octanol–water partition coefficient (Wildman–Crippen LogP) is 3.87. The zero-order chi connectivity index (χ0) is 12.4. The van der Waals surface area contributed by atoms with Gasteiger partial charge in [0.2, 0.25) is 5.78 Å². The van der Waals surface area contributed by atoms with Crippen LogP contribution in [0.25, 0.3) is 0 Å². The molecular formula is C12H6BrClFNO. The molecule has 86 valence electrons. The van der Waals surface area contributed by atoms with E-state index in [1.54, 1.807) is 6.07 Å². The van der Waals surface area contributed by atoms with Crippen LogP contribution in [0.2, 0.25) is 5.02 Å². The molecule has 0 spiro atoms. The second-order valence-corrected chi connectivity index (χ2v) is 4.61. The Morgan fingerprint density at radius 2 is 2.06 bits per heavy atom. The molecule has 1 heterocycles. The first-order valence-corrected chi connectivity index (χ1v) is 5.86. The van der Waals surface area contributed by atoms with E-state index in [2.05, 4.69) is 20.9 Å². The van der Waals surface area contributed by atoms with Gasteiger partial charge in [0.15, 0.2) is 0 Å². The number of carbonyl (C=O) groups excluding carboxylic acids is 1. The summed E-state index contributed by atoms with van der Waals surface area (Å²) in [6.07, 6.45) is 1.40. The largest absolute Gasteiger partial charge is 0.287 e. The molecule has 17 heavy (non-hydrogen) atoms. The number of aromatic nitrogens is 1. The molecule has 0 radical (unpaired) electrons. The second kappa shape index (κ2) is 4.94. The van der Waals surface area contributed by atoms with Crippen LogP contribution >= 0.6 is 27.5 Å². The first-order valence-electron chi connectivity index (χ1n) is 4.69. The molecule has 1 aromatic carbocycles. The minimum atomic E-state index is -0.411. The summed E-state index contributed by atoms with van der Waals surface area (Å²) in [5.74, 6) is -0.687. The maximum absolute atomic E-state index is 13.0. The quantitative estimate of drug-likeness (QED) is 0.788. The molecular weight excluding hydrogens is 308 g/mol. The highest BCUT2D eigenvalue weighted by atomic mass is 79.9. The number of hydrogen-bond acceptors (Lipinski definition) is 2. The van der Waals surface area contributed by atoms with E-state index in [1.165, 1.54) is 30.5 Å². The lowest BCUT2D eigenvalue weighted by Crippen LogP contribution is -2.03. The Morgan fingerprint density at radius 3 is 2.65 bits per heavy atom. The first kappa shape index (κ1) is 12.2. The molecule has 0 saturated carbocycles. The number of pyridine rings is 1. The van der Waals surface area contributed by atoms with Crippen molar-refractivity contribution in [1.29, 1.82) is 0 Å². The highest BCUT2D eigenvalue weighted by molar-refractivity contribution is 9.10. The Morgan fingerprint density at radius 1 is 1.29 bits per heavy atom. The molecule has 0 aliphatic carbocycles. The lowest BCUT2D eigenvalue weighted by atomic mass is 10.1. The molecule has 2 rings (SSSR count). The van der Waals surface area contributed by atoms with Crippen molar-refractivity contribution in [2.45, 2.75) is 0 Å². The van der Waals surface area contributed by atoms with Gasteiger partial charge in [0.25, 0.3) is 0 Å². The van der Waals surface area contributed by atoms with Gasteiger partial charge in [-0.1, -0.05) is 11.6 Å². The molecule has 2 aromatic rings.